The highest BCUT2D eigenvalue weighted by molar-refractivity contribution is 5.82. The number of rotatable bonds is 6. The first-order valence-electron chi connectivity index (χ1n) is 9.94. The maximum Gasteiger partial charge on any atom is 0.336 e. The summed E-state index contributed by atoms with van der Waals surface area (Å²) < 4.78 is 16.5. The third kappa shape index (κ3) is 4.34. The molecule has 1 aliphatic carbocycles. The first-order chi connectivity index (χ1) is 14.0. The van der Waals surface area contributed by atoms with Crippen LogP contribution in [-0.2, 0) is 29.0 Å². The molecule has 0 amide bonds. The molecule has 5 nitrogen and oxygen atoms in total. The van der Waals surface area contributed by atoms with Gasteiger partial charge >= 0.3 is 11.6 Å². The summed E-state index contributed by atoms with van der Waals surface area (Å²) in [5, 5.41) is 0.838. The first-order valence-corrected chi connectivity index (χ1v) is 9.94. The summed E-state index contributed by atoms with van der Waals surface area (Å²) in [6, 6.07) is 11.4. The van der Waals surface area contributed by atoms with Crippen molar-refractivity contribution in [2.75, 3.05) is 6.61 Å². The molecule has 150 valence electrons. The molecule has 5 heteroatoms. The van der Waals surface area contributed by atoms with Gasteiger partial charge in [0.25, 0.3) is 0 Å². The molecule has 0 bridgehead atoms. The molecule has 0 saturated heterocycles. The standard InChI is InChI=1S/C24H24O5/c1-15-6-7-16(2)21(10-15)27-9-8-23(25)28-14-19-13-24(26)29-22-12-18-5-3-4-17(18)11-20(19)22/h6-7,10-13H,3-5,8-9,14H2,1-2H3. The van der Waals surface area contributed by atoms with Crippen LogP contribution in [0.2, 0.25) is 0 Å². The van der Waals surface area contributed by atoms with Crippen molar-refractivity contribution in [3.05, 3.63) is 74.6 Å². The molecule has 0 N–H and O–H groups in total. The van der Waals surface area contributed by atoms with E-state index >= 15 is 0 Å². The lowest BCUT2D eigenvalue weighted by Crippen LogP contribution is -2.11. The number of fused-ring (bicyclic) bond motifs is 2. The fraction of sp³-hybridized carbons (Fsp3) is 0.333. The minimum absolute atomic E-state index is 0.0448. The fourth-order valence-electron chi connectivity index (χ4n) is 3.75. The van der Waals surface area contributed by atoms with Crippen molar-refractivity contribution in [1.29, 1.82) is 0 Å². The average molecular weight is 392 g/mol. The normalized spacial score (nSPS) is 12.8. The van der Waals surface area contributed by atoms with Crippen LogP contribution in [0.1, 0.15) is 40.7 Å². The van der Waals surface area contributed by atoms with Crippen LogP contribution in [-0.4, -0.2) is 12.6 Å². The van der Waals surface area contributed by atoms with Gasteiger partial charge in [0, 0.05) is 17.0 Å². The fourth-order valence-corrected chi connectivity index (χ4v) is 3.75. The Morgan fingerprint density at radius 1 is 1.07 bits per heavy atom. The van der Waals surface area contributed by atoms with Gasteiger partial charge in [-0.05, 0) is 73.6 Å². The zero-order valence-electron chi connectivity index (χ0n) is 16.7. The molecular formula is C24H24O5. The monoisotopic (exact) mass is 392 g/mol. The van der Waals surface area contributed by atoms with Crippen molar-refractivity contribution in [2.45, 2.75) is 46.1 Å². The highest BCUT2D eigenvalue weighted by Crippen LogP contribution is 2.28. The summed E-state index contributed by atoms with van der Waals surface area (Å²) in [5.74, 6) is 0.413. The van der Waals surface area contributed by atoms with Crippen LogP contribution in [0.3, 0.4) is 0 Å². The van der Waals surface area contributed by atoms with Gasteiger partial charge in [-0.1, -0.05) is 12.1 Å². The average Bonchev–Trinajstić information content (AvgIpc) is 3.14. The van der Waals surface area contributed by atoms with Gasteiger partial charge in [0.2, 0.25) is 0 Å². The highest BCUT2D eigenvalue weighted by Gasteiger charge is 2.16. The predicted octanol–water partition coefficient (Wildman–Crippen LogP) is 4.41. The molecular weight excluding hydrogens is 368 g/mol. The highest BCUT2D eigenvalue weighted by atomic mass is 16.5. The number of ether oxygens (including phenoxy) is 2. The van der Waals surface area contributed by atoms with Crippen molar-refractivity contribution in [2.24, 2.45) is 0 Å². The molecule has 0 fully saturated rings. The van der Waals surface area contributed by atoms with Gasteiger partial charge in [0.1, 0.15) is 17.9 Å². The van der Waals surface area contributed by atoms with Crippen molar-refractivity contribution in [3.8, 4) is 5.75 Å². The Bertz CT molecular complexity index is 1130. The van der Waals surface area contributed by atoms with E-state index in [2.05, 4.69) is 6.07 Å². The lowest BCUT2D eigenvalue weighted by atomic mass is 10.0. The Morgan fingerprint density at radius 3 is 2.69 bits per heavy atom. The SMILES string of the molecule is Cc1ccc(C)c(OCCC(=O)OCc2cc(=O)oc3cc4c(cc23)CCC4)c1. The molecule has 1 aromatic heterocycles. The van der Waals surface area contributed by atoms with Gasteiger partial charge in [-0.25, -0.2) is 4.79 Å². The Hall–Kier alpha value is -3.08. The Morgan fingerprint density at radius 2 is 1.86 bits per heavy atom. The Balaban J connectivity index is 1.39. The van der Waals surface area contributed by atoms with Gasteiger partial charge in [-0.15, -0.1) is 0 Å². The number of hydrogen-bond donors (Lipinski definition) is 0. The van der Waals surface area contributed by atoms with Gasteiger partial charge in [0.05, 0.1) is 13.0 Å². The molecule has 3 aromatic rings. The summed E-state index contributed by atoms with van der Waals surface area (Å²) in [7, 11) is 0. The minimum atomic E-state index is -0.431. The molecule has 1 heterocycles. The van der Waals surface area contributed by atoms with E-state index in [1.807, 2.05) is 38.1 Å². The van der Waals surface area contributed by atoms with Gasteiger partial charge in [-0.2, -0.15) is 0 Å². The topological polar surface area (TPSA) is 65.7 Å². The second-order valence-corrected chi connectivity index (χ2v) is 7.59. The number of carbonyl (C=O) groups excluding carboxylic acids is 1. The lowest BCUT2D eigenvalue weighted by molar-refractivity contribution is -0.145. The zero-order chi connectivity index (χ0) is 20.4. The minimum Gasteiger partial charge on any atom is -0.493 e. The van der Waals surface area contributed by atoms with Crippen molar-refractivity contribution in [3.63, 3.8) is 0 Å². The smallest absolute Gasteiger partial charge is 0.336 e. The van der Waals surface area contributed by atoms with Crippen LogP contribution in [0.5, 0.6) is 5.75 Å². The molecule has 0 spiro atoms. The van der Waals surface area contributed by atoms with Crippen molar-refractivity contribution in [1.82, 2.24) is 0 Å². The van der Waals surface area contributed by atoms with Crippen molar-refractivity contribution < 1.29 is 18.7 Å². The molecule has 0 atom stereocenters. The van der Waals surface area contributed by atoms with E-state index in [1.54, 1.807) is 0 Å². The molecule has 0 radical (unpaired) electrons. The number of esters is 1. The third-order valence-corrected chi connectivity index (χ3v) is 5.34. The van der Waals surface area contributed by atoms with E-state index in [9.17, 15) is 9.59 Å². The quantitative estimate of drug-likeness (QED) is 0.459. The van der Waals surface area contributed by atoms with E-state index in [-0.39, 0.29) is 25.6 Å². The number of hydrogen-bond acceptors (Lipinski definition) is 5. The predicted molar refractivity (Wildman–Crippen MR) is 110 cm³/mol. The molecule has 4 rings (SSSR count). The van der Waals surface area contributed by atoms with Gasteiger partial charge < -0.3 is 13.9 Å². The molecule has 0 saturated carbocycles. The maximum atomic E-state index is 12.2. The molecule has 0 aliphatic heterocycles. The summed E-state index contributed by atoms with van der Waals surface area (Å²) in [6.07, 6.45) is 3.29. The number of aryl methyl sites for hydroxylation is 4. The Labute approximate surface area is 169 Å². The summed E-state index contributed by atoms with van der Waals surface area (Å²) in [6.45, 7) is 4.25. The summed E-state index contributed by atoms with van der Waals surface area (Å²) in [5.41, 5.74) is 5.45. The zero-order valence-corrected chi connectivity index (χ0v) is 16.7. The van der Waals surface area contributed by atoms with Crippen LogP contribution >= 0.6 is 0 Å². The molecule has 2 aromatic carbocycles. The number of benzene rings is 2. The van der Waals surface area contributed by atoms with Gasteiger partial charge in [0.15, 0.2) is 0 Å². The molecule has 0 unspecified atom stereocenters. The molecule has 1 aliphatic rings. The Kier molecular flexibility index (Phi) is 5.38. The van der Waals surface area contributed by atoms with E-state index < -0.39 is 5.63 Å². The van der Waals surface area contributed by atoms with Crippen LogP contribution in [0.15, 0.2) is 45.6 Å². The first kappa shape index (κ1) is 19.2. The van der Waals surface area contributed by atoms with Crippen LogP contribution in [0, 0.1) is 13.8 Å². The third-order valence-electron chi connectivity index (χ3n) is 5.34. The van der Waals surface area contributed by atoms with Crippen LogP contribution in [0.4, 0.5) is 0 Å². The second-order valence-electron chi connectivity index (χ2n) is 7.59. The van der Waals surface area contributed by atoms with E-state index in [0.717, 1.165) is 41.5 Å². The van der Waals surface area contributed by atoms with Crippen molar-refractivity contribution >= 4 is 16.9 Å². The van der Waals surface area contributed by atoms with E-state index in [0.29, 0.717) is 11.1 Å². The van der Waals surface area contributed by atoms with Gasteiger partial charge in [-0.3, -0.25) is 4.79 Å². The molecule has 29 heavy (non-hydrogen) atoms. The van der Waals surface area contributed by atoms with Crippen LogP contribution in [0.25, 0.3) is 11.0 Å². The largest absolute Gasteiger partial charge is 0.493 e. The summed E-state index contributed by atoms with van der Waals surface area (Å²) >= 11 is 0. The number of carbonyl (C=O) groups is 1. The summed E-state index contributed by atoms with van der Waals surface area (Å²) in [4.78, 5) is 24.1. The second kappa shape index (κ2) is 8.11. The van der Waals surface area contributed by atoms with E-state index in [4.69, 9.17) is 13.9 Å². The van der Waals surface area contributed by atoms with Crippen LogP contribution < -0.4 is 10.4 Å². The lowest BCUT2D eigenvalue weighted by Gasteiger charge is -2.11. The van der Waals surface area contributed by atoms with E-state index in [1.165, 1.54) is 17.2 Å². The maximum absolute atomic E-state index is 12.2.